The van der Waals surface area contributed by atoms with Crippen LogP contribution in [0.2, 0.25) is 0 Å². The van der Waals surface area contributed by atoms with Crippen molar-refractivity contribution in [1.82, 2.24) is 5.32 Å². The maximum atomic E-state index is 5.83. The molecule has 4 heteroatoms. The van der Waals surface area contributed by atoms with E-state index in [0.29, 0.717) is 6.79 Å². The van der Waals surface area contributed by atoms with E-state index in [2.05, 4.69) is 19.2 Å². The summed E-state index contributed by atoms with van der Waals surface area (Å²) in [5.41, 5.74) is 2.03. The minimum atomic E-state index is 0.297. The van der Waals surface area contributed by atoms with E-state index in [4.69, 9.17) is 13.9 Å². The van der Waals surface area contributed by atoms with Crippen LogP contribution in [0.15, 0.2) is 16.5 Å². The van der Waals surface area contributed by atoms with Gasteiger partial charge >= 0.3 is 0 Å². The van der Waals surface area contributed by atoms with Crippen LogP contribution in [0, 0.1) is 6.92 Å². The Morgan fingerprint density at radius 1 is 1.24 bits per heavy atom. The van der Waals surface area contributed by atoms with Crippen molar-refractivity contribution in [2.24, 2.45) is 0 Å². The molecule has 0 radical (unpaired) electrons. The summed E-state index contributed by atoms with van der Waals surface area (Å²) in [7, 11) is 0. The van der Waals surface area contributed by atoms with Gasteiger partial charge in [0.15, 0.2) is 11.5 Å². The third-order valence-corrected chi connectivity index (χ3v) is 3.07. The van der Waals surface area contributed by atoms with Gasteiger partial charge in [0.2, 0.25) is 6.79 Å². The lowest BCUT2D eigenvalue weighted by molar-refractivity contribution is 0.174. The van der Waals surface area contributed by atoms with Gasteiger partial charge in [-0.25, -0.2) is 0 Å². The zero-order chi connectivity index (χ0) is 11.8. The second-order valence-corrected chi connectivity index (χ2v) is 4.13. The molecule has 0 saturated heterocycles. The van der Waals surface area contributed by atoms with E-state index in [0.717, 1.165) is 41.3 Å². The second-order valence-electron chi connectivity index (χ2n) is 4.13. The Morgan fingerprint density at radius 3 is 2.76 bits per heavy atom. The highest BCUT2D eigenvalue weighted by Crippen LogP contribution is 2.38. The van der Waals surface area contributed by atoms with Crippen LogP contribution in [0.1, 0.15) is 18.2 Å². The average Bonchev–Trinajstić information content (AvgIpc) is 2.89. The number of fused-ring (bicyclic) bond motifs is 2. The second kappa shape index (κ2) is 3.96. The van der Waals surface area contributed by atoms with Crippen LogP contribution in [-0.4, -0.2) is 13.3 Å². The van der Waals surface area contributed by atoms with E-state index in [1.807, 2.05) is 12.1 Å². The van der Waals surface area contributed by atoms with Gasteiger partial charge < -0.3 is 19.2 Å². The Morgan fingerprint density at radius 2 is 2.00 bits per heavy atom. The third-order valence-electron chi connectivity index (χ3n) is 3.07. The molecule has 4 nitrogen and oxygen atoms in total. The van der Waals surface area contributed by atoms with Crippen molar-refractivity contribution in [3.05, 3.63) is 23.5 Å². The van der Waals surface area contributed by atoms with Crippen LogP contribution in [-0.2, 0) is 6.54 Å². The molecule has 1 N–H and O–H groups in total. The molecule has 2 aromatic rings. The highest BCUT2D eigenvalue weighted by Gasteiger charge is 2.18. The van der Waals surface area contributed by atoms with E-state index in [9.17, 15) is 0 Å². The van der Waals surface area contributed by atoms with Crippen molar-refractivity contribution in [2.45, 2.75) is 20.4 Å². The lowest BCUT2D eigenvalue weighted by Crippen LogP contribution is -2.11. The van der Waals surface area contributed by atoms with Crippen molar-refractivity contribution in [3.63, 3.8) is 0 Å². The zero-order valence-corrected chi connectivity index (χ0v) is 10.0. The molecule has 0 amide bonds. The third kappa shape index (κ3) is 1.65. The van der Waals surface area contributed by atoms with Crippen LogP contribution < -0.4 is 14.8 Å². The van der Waals surface area contributed by atoms with Gasteiger partial charge in [0.25, 0.3) is 0 Å². The predicted octanol–water partition coefficient (Wildman–Crippen LogP) is 2.58. The Labute approximate surface area is 99.5 Å². The van der Waals surface area contributed by atoms with Gasteiger partial charge in [0.1, 0.15) is 11.3 Å². The van der Waals surface area contributed by atoms with E-state index in [1.165, 1.54) is 5.56 Å². The fourth-order valence-corrected chi connectivity index (χ4v) is 2.07. The Kier molecular flexibility index (Phi) is 2.44. The van der Waals surface area contributed by atoms with Gasteiger partial charge in [-0.15, -0.1) is 0 Å². The van der Waals surface area contributed by atoms with E-state index in [-0.39, 0.29) is 0 Å². The summed E-state index contributed by atoms with van der Waals surface area (Å²) in [5, 5.41) is 4.37. The monoisotopic (exact) mass is 233 g/mol. The van der Waals surface area contributed by atoms with Crippen molar-refractivity contribution < 1.29 is 13.9 Å². The van der Waals surface area contributed by atoms with Gasteiger partial charge in [-0.1, -0.05) is 6.92 Å². The van der Waals surface area contributed by atoms with Crippen LogP contribution in [0.25, 0.3) is 11.0 Å². The molecule has 17 heavy (non-hydrogen) atoms. The van der Waals surface area contributed by atoms with E-state index in [1.54, 1.807) is 0 Å². The highest BCUT2D eigenvalue weighted by atomic mass is 16.7. The maximum Gasteiger partial charge on any atom is 0.231 e. The molecule has 1 aliphatic rings. The van der Waals surface area contributed by atoms with Crippen LogP contribution in [0.4, 0.5) is 0 Å². The Hall–Kier alpha value is -1.68. The molecular weight excluding hydrogens is 218 g/mol. The molecule has 1 aliphatic heterocycles. The molecule has 1 aromatic carbocycles. The first kappa shape index (κ1) is 10.5. The summed E-state index contributed by atoms with van der Waals surface area (Å²) in [6.07, 6.45) is 0. The average molecular weight is 233 g/mol. The number of rotatable bonds is 3. The summed E-state index contributed by atoms with van der Waals surface area (Å²) in [4.78, 5) is 0. The van der Waals surface area contributed by atoms with Crippen molar-refractivity contribution in [1.29, 1.82) is 0 Å². The zero-order valence-electron chi connectivity index (χ0n) is 10.0. The van der Waals surface area contributed by atoms with Gasteiger partial charge in [-0.2, -0.15) is 0 Å². The Balaban J connectivity index is 2.07. The summed E-state index contributed by atoms with van der Waals surface area (Å²) >= 11 is 0. The number of hydrogen-bond acceptors (Lipinski definition) is 4. The minimum absolute atomic E-state index is 0.297. The number of nitrogens with one attached hydrogen (secondary N) is 1. The number of furan rings is 1. The molecule has 0 saturated carbocycles. The van der Waals surface area contributed by atoms with Crippen LogP contribution >= 0.6 is 0 Å². The summed E-state index contributed by atoms with van der Waals surface area (Å²) in [6.45, 7) is 6.13. The van der Waals surface area contributed by atoms with E-state index >= 15 is 0 Å². The maximum absolute atomic E-state index is 5.83. The fraction of sp³-hybridized carbons (Fsp3) is 0.385. The van der Waals surface area contributed by atoms with E-state index < -0.39 is 0 Å². The standard InChI is InChI=1S/C13H15NO3/c1-3-14-6-13-8(2)9-4-11-12(16-7-15-11)5-10(9)17-13/h4-5,14H,3,6-7H2,1-2H3. The summed E-state index contributed by atoms with van der Waals surface area (Å²) < 4.78 is 16.5. The van der Waals surface area contributed by atoms with Gasteiger partial charge in [-0.05, 0) is 25.1 Å². The number of hydrogen-bond donors (Lipinski definition) is 1. The molecule has 90 valence electrons. The largest absolute Gasteiger partial charge is 0.459 e. The Bertz CT molecular complexity index is 559. The quantitative estimate of drug-likeness (QED) is 0.884. The first-order chi connectivity index (χ1) is 8.29. The van der Waals surface area contributed by atoms with Gasteiger partial charge in [-0.3, -0.25) is 0 Å². The molecule has 0 fully saturated rings. The number of ether oxygens (including phenoxy) is 2. The number of benzene rings is 1. The van der Waals surface area contributed by atoms with Crippen LogP contribution in [0.5, 0.6) is 11.5 Å². The molecule has 1 aromatic heterocycles. The lowest BCUT2D eigenvalue weighted by Gasteiger charge is -1.98. The molecule has 0 bridgehead atoms. The minimum Gasteiger partial charge on any atom is -0.459 e. The molecule has 3 rings (SSSR count). The summed E-state index contributed by atoms with van der Waals surface area (Å²) in [6, 6.07) is 3.89. The van der Waals surface area contributed by atoms with Crippen LogP contribution in [0.3, 0.4) is 0 Å². The molecular formula is C13H15NO3. The fourth-order valence-electron chi connectivity index (χ4n) is 2.07. The molecule has 0 unspecified atom stereocenters. The topological polar surface area (TPSA) is 43.6 Å². The molecule has 0 aliphatic carbocycles. The SMILES string of the molecule is CCNCc1oc2cc3c(cc2c1C)OCO3. The predicted molar refractivity (Wildman–Crippen MR) is 64.5 cm³/mol. The van der Waals surface area contributed by atoms with Crippen molar-refractivity contribution >= 4 is 11.0 Å². The molecule has 0 atom stereocenters. The van der Waals surface area contributed by atoms with Gasteiger partial charge in [0.05, 0.1) is 6.54 Å². The van der Waals surface area contributed by atoms with Gasteiger partial charge in [0, 0.05) is 11.5 Å². The van der Waals surface area contributed by atoms with Crippen molar-refractivity contribution in [3.8, 4) is 11.5 Å². The summed E-state index contributed by atoms with van der Waals surface area (Å²) in [5.74, 6) is 2.54. The molecule has 2 heterocycles. The normalized spacial score (nSPS) is 13.5. The number of aryl methyl sites for hydroxylation is 1. The first-order valence-corrected chi connectivity index (χ1v) is 5.82. The lowest BCUT2D eigenvalue weighted by atomic mass is 10.1. The first-order valence-electron chi connectivity index (χ1n) is 5.82. The molecule has 0 spiro atoms. The highest BCUT2D eigenvalue weighted by molar-refractivity contribution is 5.85. The smallest absolute Gasteiger partial charge is 0.231 e. The van der Waals surface area contributed by atoms with Crippen molar-refractivity contribution in [2.75, 3.05) is 13.3 Å².